The molecule has 2 N–H and O–H groups in total. The predicted molar refractivity (Wildman–Crippen MR) is 62.1 cm³/mol. The van der Waals surface area contributed by atoms with Crippen LogP contribution in [0.5, 0.6) is 0 Å². The molecule has 1 aromatic carbocycles. The summed E-state index contributed by atoms with van der Waals surface area (Å²) in [6.07, 6.45) is 0.365. The van der Waals surface area contributed by atoms with Crippen molar-refractivity contribution in [1.82, 2.24) is 4.98 Å². The van der Waals surface area contributed by atoms with E-state index in [0.717, 1.165) is 24.4 Å². The number of hydrogen-bond acceptors (Lipinski definition) is 2. The van der Waals surface area contributed by atoms with Crippen molar-refractivity contribution in [1.29, 1.82) is 0 Å². The Bertz CT molecular complexity index is 631. The predicted octanol–water partition coefficient (Wildman–Crippen LogP) is 2.52. The molecule has 0 fully saturated rings. The second-order valence-corrected chi connectivity index (χ2v) is 3.88. The standard InChI is InChI=1S/C13H9F3N2O/c14-10-3-1-2-9(12(10)16)11(15)7-4-8(13(17)19)6-18-5-7/h1-6,11H,(H2,17,19). The number of hydrogen-bond donors (Lipinski definition) is 1. The Morgan fingerprint density at radius 2 is 2.00 bits per heavy atom. The van der Waals surface area contributed by atoms with Gasteiger partial charge in [-0.1, -0.05) is 12.1 Å². The van der Waals surface area contributed by atoms with Crippen molar-refractivity contribution in [2.24, 2.45) is 5.73 Å². The van der Waals surface area contributed by atoms with Crippen molar-refractivity contribution in [3.05, 3.63) is 65.0 Å². The van der Waals surface area contributed by atoms with Crippen LogP contribution in [0.4, 0.5) is 13.2 Å². The summed E-state index contributed by atoms with van der Waals surface area (Å²) in [6.45, 7) is 0. The van der Waals surface area contributed by atoms with Crippen LogP contribution < -0.4 is 5.73 Å². The van der Waals surface area contributed by atoms with Gasteiger partial charge in [0, 0.05) is 23.5 Å². The Morgan fingerprint density at radius 1 is 1.26 bits per heavy atom. The van der Waals surface area contributed by atoms with Gasteiger partial charge in [-0.05, 0) is 12.1 Å². The third-order valence-electron chi connectivity index (χ3n) is 2.59. The number of aromatic nitrogens is 1. The molecule has 2 aromatic rings. The van der Waals surface area contributed by atoms with E-state index in [4.69, 9.17) is 5.73 Å². The van der Waals surface area contributed by atoms with Crippen molar-refractivity contribution < 1.29 is 18.0 Å². The molecule has 0 saturated heterocycles. The van der Waals surface area contributed by atoms with Crippen molar-refractivity contribution >= 4 is 5.91 Å². The SMILES string of the molecule is NC(=O)c1cncc(C(F)c2cccc(F)c2F)c1. The molecule has 0 aliphatic heterocycles. The lowest BCUT2D eigenvalue weighted by Gasteiger charge is -2.10. The fourth-order valence-corrected chi connectivity index (χ4v) is 1.63. The Labute approximate surface area is 106 Å². The van der Waals surface area contributed by atoms with Crippen LogP contribution in [0.25, 0.3) is 0 Å². The number of carbonyl (C=O) groups excluding carboxylic acids is 1. The van der Waals surface area contributed by atoms with Gasteiger partial charge < -0.3 is 5.73 Å². The number of amides is 1. The molecule has 0 aliphatic carbocycles. The summed E-state index contributed by atoms with van der Waals surface area (Å²) in [5, 5.41) is 0. The van der Waals surface area contributed by atoms with E-state index in [1.54, 1.807) is 0 Å². The Balaban J connectivity index is 2.44. The maximum atomic E-state index is 14.2. The van der Waals surface area contributed by atoms with Gasteiger partial charge in [0.2, 0.25) is 5.91 Å². The second kappa shape index (κ2) is 5.09. The lowest BCUT2D eigenvalue weighted by Crippen LogP contribution is -2.12. The molecule has 1 aromatic heterocycles. The maximum absolute atomic E-state index is 14.2. The van der Waals surface area contributed by atoms with Gasteiger partial charge in [0.1, 0.15) is 0 Å². The third kappa shape index (κ3) is 2.57. The minimum Gasteiger partial charge on any atom is -0.366 e. The summed E-state index contributed by atoms with van der Waals surface area (Å²) >= 11 is 0. The summed E-state index contributed by atoms with van der Waals surface area (Å²) in [7, 11) is 0. The Hall–Kier alpha value is -2.37. The monoisotopic (exact) mass is 266 g/mol. The van der Waals surface area contributed by atoms with Crippen molar-refractivity contribution in [3.63, 3.8) is 0 Å². The smallest absolute Gasteiger partial charge is 0.250 e. The van der Waals surface area contributed by atoms with Crippen molar-refractivity contribution in [2.75, 3.05) is 0 Å². The van der Waals surface area contributed by atoms with E-state index in [9.17, 15) is 18.0 Å². The second-order valence-electron chi connectivity index (χ2n) is 3.88. The van der Waals surface area contributed by atoms with Gasteiger partial charge in [-0.25, -0.2) is 13.2 Å². The maximum Gasteiger partial charge on any atom is 0.250 e. The van der Waals surface area contributed by atoms with E-state index in [1.807, 2.05) is 0 Å². The average Bonchev–Trinajstić information content (AvgIpc) is 2.41. The zero-order valence-corrected chi connectivity index (χ0v) is 9.61. The molecule has 19 heavy (non-hydrogen) atoms. The zero-order valence-electron chi connectivity index (χ0n) is 9.61. The van der Waals surface area contributed by atoms with Crippen LogP contribution in [-0.2, 0) is 0 Å². The molecule has 1 heterocycles. The number of alkyl halides is 1. The molecule has 3 nitrogen and oxygen atoms in total. The van der Waals surface area contributed by atoms with E-state index in [2.05, 4.69) is 4.98 Å². The number of halogens is 3. The zero-order chi connectivity index (χ0) is 14.0. The van der Waals surface area contributed by atoms with Crippen molar-refractivity contribution in [3.8, 4) is 0 Å². The summed E-state index contributed by atoms with van der Waals surface area (Å²) in [5.41, 5.74) is 4.51. The molecule has 0 bridgehead atoms. The van der Waals surface area contributed by atoms with E-state index in [0.29, 0.717) is 0 Å². The number of nitrogens with zero attached hydrogens (tertiary/aromatic N) is 1. The molecule has 98 valence electrons. The largest absolute Gasteiger partial charge is 0.366 e. The quantitative estimate of drug-likeness (QED) is 0.928. The van der Waals surface area contributed by atoms with Gasteiger partial charge >= 0.3 is 0 Å². The topological polar surface area (TPSA) is 56.0 Å². The highest BCUT2D eigenvalue weighted by Gasteiger charge is 2.20. The Kier molecular flexibility index (Phi) is 3.50. The highest BCUT2D eigenvalue weighted by Crippen LogP contribution is 2.28. The molecule has 1 amide bonds. The van der Waals surface area contributed by atoms with Gasteiger partial charge in [-0.15, -0.1) is 0 Å². The van der Waals surface area contributed by atoms with Gasteiger partial charge in [0.25, 0.3) is 0 Å². The summed E-state index contributed by atoms with van der Waals surface area (Å²) in [5.74, 6) is -3.18. The van der Waals surface area contributed by atoms with Gasteiger partial charge in [-0.3, -0.25) is 9.78 Å². The first-order valence-electron chi connectivity index (χ1n) is 5.33. The molecule has 1 atom stereocenters. The van der Waals surface area contributed by atoms with Crippen LogP contribution >= 0.6 is 0 Å². The van der Waals surface area contributed by atoms with Crippen LogP contribution in [-0.4, -0.2) is 10.9 Å². The van der Waals surface area contributed by atoms with Crippen LogP contribution in [0.1, 0.15) is 27.7 Å². The fourth-order valence-electron chi connectivity index (χ4n) is 1.63. The van der Waals surface area contributed by atoms with Crippen molar-refractivity contribution in [2.45, 2.75) is 6.17 Å². The first kappa shape index (κ1) is 13.1. The van der Waals surface area contributed by atoms with Gasteiger partial charge in [0.15, 0.2) is 17.8 Å². The van der Waals surface area contributed by atoms with Crippen LogP contribution in [0, 0.1) is 11.6 Å². The van der Waals surface area contributed by atoms with E-state index >= 15 is 0 Å². The normalized spacial score (nSPS) is 12.2. The van der Waals surface area contributed by atoms with Gasteiger partial charge in [0.05, 0.1) is 5.56 Å². The number of primary amides is 1. The number of pyridine rings is 1. The highest BCUT2D eigenvalue weighted by atomic mass is 19.2. The fraction of sp³-hybridized carbons (Fsp3) is 0.0769. The molecule has 1 unspecified atom stereocenters. The summed E-state index contributed by atoms with van der Waals surface area (Å²) in [4.78, 5) is 14.6. The Morgan fingerprint density at radius 3 is 2.68 bits per heavy atom. The summed E-state index contributed by atoms with van der Waals surface area (Å²) in [6, 6.07) is 4.37. The number of rotatable bonds is 3. The molecule has 2 rings (SSSR count). The third-order valence-corrected chi connectivity index (χ3v) is 2.59. The summed E-state index contributed by atoms with van der Waals surface area (Å²) < 4.78 is 40.7. The lowest BCUT2D eigenvalue weighted by atomic mass is 10.0. The van der Waals surface area contributed by atoms with E-state index in [-0.39, 0.29) is 11.1 Å². The van der Waals surface area contributed by atoms with E-state index in [1.165, 1.54) is 12.3 Å². The molecule has 0 spiro atoms. The highest BCUT2D eigenvalue weighted by molar-refractivity contribution is 5.92. The minimum absolute atomic E-state index is 0.00281. The molecule has 0 saturated carbocycles. The van der Waals surface area contributed by atoms with E-state index < -0.39 is 29.3 Å². The molecule has 6 heteroatoms. The van der Waals surface area contributed by atoms with Gasteiger partial charge in [-0.2, -0.15) is 0 Å². The van der Waals surface area contributed by atoms with Crippen LogP contribution in [0.2, 0.25) is 0 Å². The van der Waals surface area contributed by atoms with Crippen LogP contribution in [0.15, 0.2) is 36.7 Å². The molecule has 0 aliphatic rings. The first-order valence-corrected chi connectivity index (χ1v) is 5.33. The number of benzene rings is 1. The first-order chi connectivity index (χ1) is 9.00. The average molecular weight is 266 g/mol. The molecular formula is C13H9F3N2O. The molecule has 0 radical (unpaired) electrons. The minimum atomic E-state index is -1.93. The van der Waals surface area contributed by atoms with Crippen LogP contribution in [0.3, 0.4) is 0 Å². The lowest BCUT2D eigenvalue weighted by molar-refractivity contribution is 0.1000. The number of nitrogens with two attached hydrogens (primary N) is 1. The molecular weight excluding hydrogens is 257 g/mol. The number of carbonyl (C=O) groups is 1.